The number of allylic oxidation sites excluding steroid dienone is 3. The van der Waals surface area contributed by atoms with Crippen molar-refractivity contribution in [3.8, 4) is 0 Å². The van der Waals surface area contributed by atoms with Gasteiger partial charge in [-0.05, 0) is 81.7 Å². The van der Waals surface area contributed by atoms with Crippen molar-refractivity contribution >= 4 is 12.1 Å². The van der Waals surface area contributed by atoms with E-state index in [9.17, 15) is 14.7 Å². The van der Waals surface area contributed by atoms with Gasteiger partial charge in [-0.1, -0.05) is 70.8 Å². The van der Waals surface area contributed by atoms with E-state index in [1.807, 2.05) is 51.3 Å². The minimum Gasteiger partial charge on any atom is -0.457 e. The van der Waals surface area contributed by atoms with Crippen LogP contribution in [0.15, 0.2) is 54.3 Å². The maximum Gasteiger partial charge on any atom is 0.410 e. The topological polar surface area (TPSA) is 92.2 Å². The molecule has 1 saturated carbocycles. The third-order valence-corrected chi connectivity index (χ3v) is 10.3. The molecule has 2 aliphatic heterocycles. The fraction of sp³-hybridized carbons (Fsp3) is 0.667. The molecule has 1 saturated heterocycles. The van der Waals surface area contributed by atoms with Gasteiger partial charge in [0, 0.05) is 62.4 Å². The molecular weight excluding hydrogens is 590 g/mol. The monoisotopic (exact) mass is 649 g/mol. The first-order valence-corrected chi connectivity index (χ1v) is 18.0. The van der Waals surface area contributed by atoms with Crippen LogP contribution < -0.4 is 0 Å². The Kier molecular flexibility index (Phi) is 13.7. The van der Waals surface area contributed by atoms with Gasteiger partial charge in [0.1, 0.15) is 11.7 Å². The summed E-state index contributed by atoms with van der Waals surface area (Å²) in [5.41, 5.74) is 1.80. The highest BCUT2D eigenvalue weighted by Gasteiger charge is 2.37. The Balaban J connectivity index is 1.46. The Hall–Kier alpha value is -2.97. The van der Waals surface area contributed by atoms with Crippen molar-refractivity contribution in [3.63, 3.8) is 0 Å². The average Bonchev–Trinajstić information content (AvgIpc) is 3.34. The minimum atomic E-state index is -1.28. The van der Waals surface area contributed by atoms with E-state index in [1.165, 1.54) is 44.1 Å². The van der Waals surface area contributed by atoms with E-state index in [-0.39, 0.29) is 36.2 Å². The summed E-state index contributed by atoms with van der Waals surface area (Å²) in [5, 5.41) is 11.6. The van der Waals surface area contributed by atoms with Gasteiger partial charge in [0.2, 0.25) is 0 Å². The van der Waals surface area contributed by atoms with Crippen LogP contribution in [-0.4, -0.2) is 82.0 Å². The van der Waals surface area contributed by atoms with Gasteiger partial charge in [0.15, 0.2) is 6.10 Å². The first kappa shape index (κ1) is 36.9. The largest absolute Gasteiger partial charge is 0.457 e. The molecule has 0 aromatic carbocycles. The second-order valence-corrected chi connectivity index (χ2v) is 14.7. The Morgan fingerprint density at radius 1 is 1.11 bits per heavy atom. The molecule has 47 heavy (non-hydrogen) atoms. The first-order chi connectivity index (χ1) is 22.4. The second kappa shape index (κ2) is 17.4. The zero-order chi connectivity index (χ0) is 34.0. The van der Waals surface area contributed by atoms with E-state index in [2.05, 4.69) is 35.9 Å². The number of piperazine rings is 1. The molecule has 0 bridgehead atoms. The molecule has 1 N–H and O–H groups in total. The first-order valence-electron chi connectivity index (χ1n) is 18.0. The van der Waals surface area contributed by atoms with Crippen molar-refractivity contribution in [2.45, 2.75) is 129 Å². The number of amides is 1. The van der Waals surface area contributed by atoms with Crippen molar-refractivity contribution in [2.24, 2.45) is 11.8 Å². The Labute approximate surface area is 283 Å². The number of carbonyl (C=O) groups excluding carboxylic acids is 2. The summed E-state index contributed by atoms with van der Waals surface area (Å²) in [6.07, 6.45) is 18.9. The maximum absolute atomic E-state index is 13.5. The molecule has 3 aliphatic rings. The molecule has 0 spiro atoms. The highest BCUT2D eigenvalue weighted by Crippen LogP contribution is 2.29. The number of aliphatic hydroxyl groups is 1. The molecule has 0 radical (unpaired) electrons. The van der Waals surface area contributed by atoms with E-state index in [4.69, 9.17) is 9.47 Å². The van der Waals surface area contributed by atoms with Crippen molar-refractivity contribution in [1.82, 2.24) is 14.8 Å². The lowest BCUT2D eigenvalue weighted by Gasteiger charge is -2.40. The van der Waals surface area contributed by atoms with Gasteiger partial charge in [0.25, 0.3) is 0 Å². The van der Waals surface area contributed by atoms with E-state index in [0.29, 0.717) is 32.0 Å². The molecular formula is C39H59N3O5. The van der Waals surface area contributed by atoms with E-state index >= 15 is 0 Å². The number of cyclic esters (lactones) is 1. The number of ether oxygens (including phenoxy) is 2. The molecule has 1 aliphatic carbocycles. The number of rotatable bonds is 6. The predicted molar refractivity (Wildman–Crippen MR) is 187 cm³/mol. The summed E-state index contributed by atoms with van der Waals surface area (Å²) in [6.45, 7) is 14.8. The van der Waals surface area contributed by atoms with Crippen LogP contribution in [0, 0.1) is 18.8 Å². The number of nitrogens with zero attached hydrogens (tertiary/aromatic N) is 3. The third kappa shape index (κ3) is 11.0. The Morgan fingerprint density at radius 3 is 2.49 bits per heavy atom. The summed E-state index contributed by atoms with van der Waals surface area (Å²) in [7, 11) is 0. The van der Waals surface area contributed by atoms with Crippen LogP contribution in [0.25, 0.3) is 0 Å². The van der Waals surface area contributed by atoms with Gasteiger partial charge in [-0.3, -0.25) is 14.7 Å². The predicted octanol–water partition coefficient (Wildman–Crippen LogP) is 7.52. The SMILES string of the molecule is C/C(=C\C=C\C(C)c1cc(C)ccn1)[C@H]1OC(=O)C[C@H](C)CC[C@@](C)(O)[C@@H](OC(=O)N2CCN(C3CCCCCC3)CC2)/C=C/[C@@H]1C. The molecule has 8 heteroatoms. The molecule has 8 nitrogen and oxygen atoms in total. The van der Waals surface area contributed by atoms with Crippen LogP contribution in [-0.2, 0) is 14.3 Å². The van der Waals surface area contributed by atoms with Crippen LogP contribution in [0.1, 0.15) is 110 Å². The minimum absolute atomic E-state index is 0.00798. The summed E-state index contributed by atoms with van der Waals surface area (Å²) >= 11 is 0. The van der Waals surface area contributed by atoms with Crippen LogP contribution in [0.4, 0.5) is 4.79 Å². The van der Waals surface area contributed by atoms with Gasteiger partial charge < -0.3 is 19.5 Å². The number of pyridine rings is 1. The van der Waals surface area contributed by atoms with Gasteiger partial charge in [-0.25, -0.2) is 4.79 Å². The van der Waals surface area contributed by atoms with Crippen LogP contribution in [0.3, 0.4) is 0 Å². The molecule has 4 rings (SSSR count). The average molecular weight is 650 g/mol. The zero-order valence-corrected chi connectivity index (χ0v) is 29.7. The van der Waals surface area contributed by atoms with E-state index < -0.39 is 17.8 Å². The van der Waals surface area contributed by atoms with Crippen molar-refractivity contribution in [3.05, 3.63) is 65.5 Å². The smallest absolute Gasteiger partial charge is 0.410 e. The van der Waals surface area contributed by atoms with Crippen molar-refractivity contribution in [1.29, 1.82) is 0 Å². The lowest BCUT2D eigenvalue weighted by atomic mass is 9.87. The van der Waals surface area contributed by atoms with Gasteiger partial charge >= 0.3 is 12.1 Å². The summed E-state index contributed by atoms with van der Waals surface area (Å²) in [4.78, 5) is 35.3. The molecule has 2 fully saturated rings. The van der Waals surface area contributed by atoms with Crippen LogP contribution in [0.2, 0.25) is 0 Å². The fourth-order valence-electron chi connectivity index (χ4n) is 7.07. The lowest BCUT2D eigenvalue weighted by Crippen LogP contribution is -2.53. The number of aromatic nitrogens is 1. The highest BCUT2D eigenvalue weighted by molar-refractivity contribution is 5.70. The number of carbonyl (C=O) groups is 2. The third-order valence-electron chi connectivity index (χ3n) is 10.3. The zero-order valence-electron chi connectivity index (χ0n) is 29.7. The molecule has 1 aromatic rings. The van der Waals surface area contributed by atoms with Crippen molar-refractivity contribution in [2.75, 3.05) is 26.2 Å². The molecule has 260 valence electrons. The molecule has 1 aromatic heterocycles. The van der Waals surface area contributed by atoms with E-state index in [1.54, 1.807) is 17.9 Å². The molecule has 1 amide bonds. The lowest BCUT2D eigenvalue weighted by molar-refractivity contribution is -0.150. The summed E-state index contributed by atoms with van der Waals surface area (Å²) < 4.78 is 12.2. The second-order valence-electron chi connectivity index (χ2n) is 14.7. The van der Waals surface area contributed by atoms with Crippen LogP contribution >= 0.6 is 0 Å². The van der Waals surface area contributed by atoms with Gasteiger partial charge in [0.05, 0.1) is 0 Å². The van der Waals surface area contributed by atoms with Crippen molar-refractivity contribution < 1.29 is 24.2 Å². The highest BCUT2D eigenvalue weighted by atomic mass is 16.6. The van der Waals surface area contributed by atoms with E-state index in [0.717, 1.165) is 24.4 Å². The fourth-order valence-corrected chi connectivity index (χ4v) is 7.07. The normalized spacial score (nSPS) is 30.9. The maximum atomic E-state index is 13.5. The molecule has 1 unspecified atom stereocenters. The number of hydrogen-bond acceptors (Lipinski definition) is 7. The Morgan fingerprint density at radius 2 is 1.81 bits per heavy atom. The number of hydrogen-bond donors (Lipinski definition) is 1. The Bertz CT molecular complexity index is 1260. The number of esters is 1. The van der Waals surface area contributed by atoms with Gasteiger partial charge in [-0.15, -0.1) is 0 Å². The molecule has 3 heterocycles. The standard InChI is InChI=1S/C39H59N3O5/c1-28-18-20-39(6,45)35(46-38(44)42-24-22-41(23-25-42)33-14-9-7-8-10-15-33)17-16-32(5)37(47-36(43)27-28)31(4)13-11-12-30(3)34-26-29(2)19-21-40-34/h11-13,16-17,19,21,26,28,30,32-33,35,37,45H,7-10,14-15,18,20,22-25,27H2,1-6H3/b12-11+,17-16+,31-13+/t28-,30?,32+,35+,37-,39-/m1/s1. The van der Waals surface area contributed by atoms with Gasteiger partial charge in [-0.2, -0.15) is 0 Å². The van der Waals surface area contributed by atoms with Crippen LogP contribution in [0.5, 0.6) is 0 Å². The summed E-state index contributed by atoms with van der Waals surface area (Å²) in [6, 6.07) is 4.70. The molecule has 6 atom stereocenters. The summed E-state index contributed by atoms with van der Waals surface area (Å²) in [5.74, 6) is -0.320. The number of aryl methyl sites for hydroxylation is 1. The quantitative estimate of drug-likeness (QED) is 0.148.